The van der Waals surface area contributed by atoms with Gasteiger partial charge in [0.15, 0.2) is 17.3 Å². The van der Waals surface area contributed by atoms with Crippen molar-refractivity contribution < 1.29 is 14.3 Å². The molecule has 0 fully saturated rings. The minimum absolute atomic E-state index is 0.0102. The Morgan fingerprint density at radius 2 is 1.63 bits per heavy atom. The van der Waals surface area contributed by atoms with Crippen LogP contribution in [-0.2, 0) is 0 Å². The first-order valence-corrected chi connectivity index (χ1v) is 5.98. The molecule has 0 spiro atoms. The minimum atomic E-state index is -0.0102. The molecule has 0 amide bonds. The van der Waals surface area contributed by atoms with Crippen LogP contribution >= 0.6 is 0 Å². The number of ether oxygens (including phenoxy) is 2. The Morgan fingerprint density at radius 3 is 2.11 bits per heavy atom. The van der Waals surface area contributed by atoms with Gasteiger partial charge in [0, 0.05) is 11.1 Å². The maximum atomic E-state index is 12.4. The van der Waals surface area contributed by atoms with Gasteiger partial charge in [-0.15, -0.1) is 0 Å². The van der Waals surface area contributed by atoms with Crippen LogP contribution in [0.5, 0.6) is 11.5 Å². The lowest BCUT2D eigenvalue weighted by Crippen LogP contribution is -1.99. The Labute approximate surface area is 112 Å². The van der Waals surface area contributed by atoms with Gasteiger partial charge in [0.1, 0.15) is 0 Å². The molecule has 19 heavy (non-hydrogen) atoms. The maximum Gasteiger partial charge on any atom is 0.194 e. The van der Waals surface area contributed by atoms with Gasteiger partial charge in [0.25, 0.3) is 0 Å². The average molecular weight is 256 g/mol. The summed E-state index contributed by atoms with van der Waals surface area (Å²) in [4.78, 5) is 12.4. The average Bonchev–Trinajstić information content (AvgIpc) is 2.70. The second-order valence-electron chi connectivity index (χ2n) is 4.11. The number of ketones is 1. The monoisotopic (exact) mass is 256 g/mol. The Kier molecular flexibility index (Phi) is 3.56. The summed E-state index contributed by atoms with van der Waals surface area (Å²) in [6, 6.07) is 3.54. The van der Waals surface area contributed by atoms with Crippen molar-refractivity contribution in [1.29, 1.82) is 0 Å². The van der Waals surface area contributed by atoms with Crippen LogP contribution in [0.2, 0.25) is 0 Å². The summed E-state index contributed by atoms with van der Waals surface area (Å²) < 4.78 is 10.5. The van der Waals surface area contributed by atoms with Crippen molar-refractivity contribution in [2.45, 2.75) is 6.92 Å². The predicted molar refractivity (Wildman–Crippen MR) is 75.8 cm³/mol. The van der Waals surface area contributed by atoms with E-state index in [0.717, 1.165) is 11.1 Å². The molecular formula is C16H16O3. The van der Waals surface area contributed by atoms with Crippen LogP contribution in [0.4, 0.5) is 0 Å². The standard InChI is InChI=1S/C16H16O3/c1-5-7-11-10(6-2)12-8-14(18-3)15(19-4)9-13(12)16(11)17/h5-9H,2H2,1,3-4H3/b7-5-. The van der Waals surface area contributed by atoms with E-state index in [-0.39, 0.29) is 5.78 Å². The van der Waals surface area contributed by atoms with Gasteiger partial charge in [0.2, 0.25) is 0 Å². The summed E-state index contributed by atoms with van der Waals surface area (Å²) in [5.74, 6) is 1.15. The fourth-order valence-electron chi connectivity index (χ4n) is 2.25. The van der Waals surface area contributed by atoms with Gasteiger partial charge in [-0.25, -0.2) is 0 Å². The maximum absolute atomic E-state index is 12.4. The quantitative estimate of drug-likeness (QED) is 0.828. The van der Waals surface area contributed by atoms with Gasteiger partial charge in [-0.2, -0.15) is 0 Å². The van der Waals surface area contributed by atoms with E-state index >= 15 is 0 Å². The molecule has 3 heteroatoms. The predicted octanol–water partition coefficient (Wildman–Crippen LogP) is 3.42. The summed E-state index contributed by atoms with van der Waals surface area (Å²) in [7, 11) is 3.13. The van der Waals surface area contributed by atoms with Crippen LogP contribution in [-0.4, -0.2) is 20.0 Å². The first-order chi connectivity index (χ1) is 9.17. The van der Waals surface area contributed by atoms with Gasteiger partial charge in [-0.3, -0.25) is 4.79 Å². The fourth-order valence-corrected chi connectivity index (χ4v) is 2.25. The van der Waals surface area contributed by atoms with Gasteiger partial charge in [-0.1, -0.05) is 24.8 Å². The van der Waals surface area contributed by atoms with Crippen molar-refractivity contribution >= 4 is 11.4 Å². The second-order valence-corrected chi connectivity index (χ2v) is 4.11. The molecular weight excluding hydrogens is 240 g/mol. The van der Waals surface area contributed by atoms with E-state index in [1.165, 1.54) is 0 Å². The summed E-state index contributed by atoms with van der Waals surface area (Å²) in [6.45, 7) is 5.67. The molecule has 0 heterocycles. The van der Waals surface area contributed by atoms with E-state index in [1.54, 1.807) is 32.4 Å². The van der Waals surface area contributed by atoms with E-state index in [4.69, 9.17) is 9.47 Å². The summed E-state index contributed by atoms with van der Waals surface area (Å²) >= 11 is 0. The Morgan fingerprint density at radius 1 is 1.05 bits per heavy atom. The number of hydrogen-bond acceptors (Lipinski definition) is 3. The largest absolute Gasteiger partial charge is 0.493 e. The fraction of sp³-hybridized carbons (Fsp3) is 0.188. The number of hydrogen-bond donors (Lipinski definition) is 0. The van der Waals surface area contributed by atoms with Gasteiger partial charge < -0.3 is 9.47 Å². The van der Waals surface area contributed by atoms with E-state index in [1.807, 2.05) is 19.1 Å². The molecule has 0 aliphatic heterocycles. The molecule has 1 aliphatic rings. The van der Waals surface area contributed by atoms with Crippen molar-refractivity contribution in [3.05, 3.63) is 53.6 Å². The Balaban J connectivity index is 2.70. The first-order valence-electron chi connectivity index (χ1n) is 5.98. The molecule has 1 aromatic carbocycles. The summed E-state index contributed by atoms with van der Waals surface area (Å²) in [5, 5.41) is 0. The van der Waals surface area contributed by atoms with Crippen LogP contribution < -0.4 is 9.47 Å². The van der Waals surface area contributed by atoms with Crippen molar-refractivity contribution in [1.82, 2.24) is 0 Å². The molecule has 0 unspecified atom stereocenters. The zero-order chi connectivity index (χ0) is 14.0. The summed E-state index contributed by atoms with van der Waals surface area (Å²) in [6.07, 6.45) is 5.35. The number of methoxy groups -OCH3 is 2. The molecule has 0 radical (unpaired) electrons. The van der Waals surface area contributed by atoms with E-state index in [0.29, 0.717) is 22.6 Å². The number of allylic oxidation sites excluding steroid dienone is 5. The number of rotatable bonds is 4. The van der Waals surface area contributed by atoms with Crippen LogP contribution in [0, 0.1) is 0 Å². The van der Waals surface area contributed by atoms with Crippen LogP contribution in [0.15, 0.2) is 42.5 Å². The number of carbonyl (C=O) groups is 1. The lowest BCUT2D eigenvalue weighted by atomic mass is 10.0. The lowest BCUT2D eigenvalue weighted by molar-refractivity contribution is 0.104. The molecule has 0 bridgehead atoms. The van der Waals surface area contributed by atoms with Gasteiger partial charge in [0.05, 0.1) is 14.2 Å². The highest BCUT2D eigenvalue weighted by molar-refractivity contribution is 6.23. The van der Waals surface area contributed by atoms with Gasteiger partial charge >= 0.3 is 0 Å². The van der Waals surface area contributed by atoms with Crippen molar-refractivity contribution in [2.24, 2.45) is 0 Å². The third kappa shape index (κ3) is 1.97. The zero-order valence-electron chi connectivity index (χ0n) is 11.3. The van der Waals surface area contributed by atoms with Crippen molar-refractivity contribution in [3.8, 4) is 11.5 Å². The molecule has 0 atom stereocenters. The third-order valence-corrected chi connectivity index (χ3v) is 3.13. The van der Waals surface area contributed by atoms with E-state index < -0.39 is 0 Å². The Bertz CT molecular complexity index is 607. The third-order valence-electron chi connectivity index (χ3n) is 3.13. The van der Waals surface area contributed by atoms with E-state index in [2.05, 4.69) is 6.58 Å². The molecule has 1 aliphatic carbocycles. The highest BCUT2D eigenvalue weighted by Gasteiger charge is 2.28. The molecule has 0 saturated carbocycles. The van der Waals surface area contributed by atoms with Crippen LogP contribution in [0.25, 0.3) is 5.57 Å². The highest BCUT2D eigenvalue weighted by Crippen LogP contribution is 2.40. The van der Waals surface area contributed by atoms with Crippen LogP contribution in [0.1, 0.15) is 22.8 Å². The number of fused-ring (bicyclic) bond motifs is 1. The molecule has 3 nitrogen and oxygen atoms in total. The Hall–Kier alpha value is -2.29. The van der Waals surface area contributed by atoms with E-state index in [9.17, 15) is 4.79 Å². The zero-order valence-corrected chi connectivity index (χ0v) is 11.3. The highest BCUT2D eigenvalue weighted by atomic mass is 16.5. The first kappa shape index (κ1) is 13.1. The number of carbonyl (C=O) groups excluding carboxylic acids is 1. The van der Waals surface area contributed by atoms with Crippen LogP contribution in [0.3, 0.4) is 0 Å². The molecule has 0 N–H and O–H groups in total. The summed E-state index contributed by atoms with van der Waals surface area (Å²) in [5.41, 5.74) is 2.95. The molecule has 2 rings (SSSR count). The topological polar surface area (TPSA) is 35.5 Å². The van der Waals surface area contributed by atoms with Crippen molar-refractivity contribution in [2.75, 3.05) is 14.2 Å². The molecule has 0 aromatic heterocycles. The molecule has 1 aromatic rings. The van der Waals surface area contributed by atoms with Crippen molar-refractivity contribution in [3.63, 3.8) is 0 Å². The smallest absolute Gasteiger partial charge is 0.194 e. The number of benzene rings is 1. The second kappa shape index (κ2) is 5.14. The molecule has 98 valence electrons. The number of Topliss-reactive ketones (excluding diaryl/α,β-unsaturated/α-hetero) is 1. The lowest BCUT2D eigenvalue weighted by Gasteiger charge is -2.10. The van der Waals surface area contributed by atoms with Gasteiger partial charge in [-0.05, 0) is 30.2 Å². The SMILES string of the molecule is C=CC1=C(/C=C\C)C(=O)c2cc(OC)c(OC)cc21. The molecule has 0 saturated heterocycles. The minimum Gasteiger partial charge on any atom is -0.493 e. The normalized spacial score (nSPS) is 13.9.